The molecule has 0 fully saturated rings. The van der Waals surface area contributed by atoms with Crippen molar-refractivity contribution < 1.29 is 4.79 Å². The van der Waals surface area contributed by atoms with Gasteiger partial charge in [-0.2, -0.15) is 0 Å². The van der Waals surface area contributed by atoms with Gasteiger partial charge < -0.3 is 5.32 Å². The molecule has 2 aromatic rings. The maximum absolute atomic E-state index is 11.9. The van der Waals surface area contributed by atoms with Crippen LogP contribution in [0.1, 0.15) is 22.8 Å². The third-order valence-electron chi connectivity index (χ3n) is 2.49. The SMILES string of the molecule is CCc1ccc(C(=O)Nc2cnc(Cl)cn2)cc1. The molecular weight excluding hydrogens is 250 g/mol. The van der Waals surface area contributed by atoms with Crippen LogP contribution in [-0.2, 0) is 6.42 Å². The Labute approximate surface area is 110 Å². The number of amides is 1. The van der Waals surface area contributed by atoms with Gasteiger partial charge in [0.2, 0.25) is 0 Å². The summed E-state index contributed by atoms with van der Waals surface area (Å²) >= 11 is 5.61. The molecule has 2 rings (SSSR count). The van der Waals surface area contributed by atoms with E-state index in [0.29, 0.717) is 16.5 Å². The van der Waals surface area contributed by atoms with Gasteiger partial charge in [-0.05, 0) is 24.1 Å². The molecule has 0 aliphatic rings. The van der Waals surface area contributed by atoms with Crippen LogP contribution in [0.15, 0.2) is 36.7 Å². The average molecular weight is 262 g/mol. The van der Waals surface area contributed by atoms with E-state index in [2.05, 4.69) is 22.2 Å². The van der Waals surface area contributed by atoms with Crippen molar-refractivity contribution in [2.45, 2.75) is 13.3 Å². The molecule has 0 unspecified atom stereocenters. The summed E-state index contributed by atoms with van der Waals surface area (Å²) in [6, 6.07) is 7.44. The maximum Gasteiger partial charge on any atom is 0.256 e. The molecular formula is C13H12ClN3O. The normalized spacial score (nSPS) is 10.1. The van der Waals surface area contributed by atoms with Gasteiger partial charge in [-0.3, -0.25) is 4.79 Å². The number of aryl methyl sites for hydroxylation is 1. The number of halogens is 1. The van der Waals surface area contributed by atoms with E-state index in [1.54, 1.807) is 12.1 Å². The molecule has 18 heavy (non-hydrogen) atoms. The molecule has 92 valence electrons. The lowest BCUT2D eigenvalue weighted by molar-refractivity contribution is 0.102. The molecule has 1 N–H and O–H groups in total. The van der Waals surface area contributed by atoms with Gasteiger partial charge in [-0.15, -0.1) is 0 Å². The second-order valence-corrected chi connectivity index (χ2v) is 4.12. The van der Waals surface area contributed by atoms with E-state index in [1.165, 1.54) is 18.0 Å². The molecule has 0 atom stereocenters. The van der Waals surface area contributed by atoms with Gasteiger partial charge in [-0.25, -0.2) is 9.97 Å². The van der Waals surface area contributed by atoms with Crippen molar-refractivity contribution in [1.29, 1.82) is 0 Å². The highest BCUT2D eigenvalue weighted by atomic mass is 35.5. The topological polar surface area (TPSA) is 54.9 Å². The highest BCUT2D eigenvalue weighted by molar-refractivity contribution is 6.29. The number of nitrogens with one attached hydrogen (secondary N) is 1. The van der Waals surface area contributed by atoms with E-state index in [1.807, 2.05) is 12.1 Å². The lowest BCUT2D eigenvalue weighted by Gasteiger charge is -2.04. The minimum Gasteiger partial charge on any atom is -0.305 e. The molecule has 1 amide bonds. The highest BCUT2D eigenvalue weighted by Crippen LogP contribution is 2.09. The lowest BCUT2D eigenvalue weighted by Crippen LogP contribution is -2.13. The van der Waals surface area contributed by atoms with Crippen molar-refractivity contribution in [3.05, 3.63) is 52.9 Å². The summed E-state index contributed by atoms with van der Waals surface area (Å²) < 4.78 is 0. The molecule has 0 aliphatic heterocycles. The van der Waals surface area contributed by atoms with Crippen molar-refractivity contribution in [2.24, 2.45) is 0 Å². The standard InChI is InChI=1S/C13H12ClN3O/c1-2-9-3-5-10(6-4-9)13(18)17-12-8-15-11(14)7-16-12/h3-8H,2H2,1H3,(H,16,17,18). The second-order valence-electron chi connectivity index (χ2n) is 3.73. The van der Waals surface area contributed by atoms with Gasteiger partial charge in [0.1, 0.15) is 5.15 Å². The number of hydrogen-bond donors (Lipinski definition) is 1. The summed E-state index contributed by atoms with van der Waals surface area (Å²) in [5.41, 5.74) is 1.78. The zero-order valence-electron chi connectivity index (χ0n) is 9.85. The summed E-state index contributed by atoms with van der Waals surface area (Å²) in [6.07, 6.45) is 3.75. The molecule has 0 bridgehead atoms. The predicted molar refractivity (Wildman–Crippen MR) is 70.8 cm³/mol. The van der Waals surface area contributed by atoms with Crippen LogP contribution in [0.4, 0.5) is 5.82 Å². The van der Waals surface area contributed by atoms with Crippen molar-refractivity contribution in [3.8, 4) is 0 Å². The molecule has 0 aliphatic carbocycles. The van der Waals surface area contributed by atoms with Crippen molar-refractivity contribution in [3.63, 3.8) is 0 Å². The van der Waals surface area contributed by atoms with Crippen LogP contribution in [0, 0.1) is 0 Å². The minimum atomic E-state index is -0.214. The monoisotopic (exact) mass is 261 g/mol. The van der Waals surface area contributed by atoms with Crippen LogP contribution in [0.25, 0.3) is 0 Å². The average Bonchev–Trinajstić information content (AvgIpc) is 2.41. The first-order valence-corrected chi connectivity index (χ1v) is 5.94. The molecule has 0 radical (unpaired) electrons. The third kappa shape index (κ3) is 3.05. The number of anilines is 1. The first kappa shape index (κ1) is 12.5. The van der Waals surface area contributed by atoms with Crippen LogP contribution in [-0.4, -0.2) is 15.9 Å². The van der Waals surface area contributed by atoms with E-state index in [0.717, 1.165) is 6.42 Å². The van der Waals surface area contributed by atoms with Crippen LogP contribution < -0.4 is 5.32 Å². The first-order valence-electron chi connectivity index (χ1n) is 5.57. The van der Waals surface area contributed by atoms with Crippen molar-refractivity contribution in [2.75, 3.05) is 5.32 Å². The minimum absolute atomic E-state index is 0.214. The van der Waals surface area contributed by atoms with Gasteiger partial charge in [0.05, 0.1) is 12.4 Å². The number of carbonyl (C=O) groups is 1. The Morgan fingerprint density at radius 3 is 2.50 bits per heavy atom. The Kier molecular flexibility index (Phi) is 3.89. The summed E-state index contributed by atoms with van der Waals surface area (Å²) in [6.45, 7) is 2.07. The van der Waals surface area contributed by atoms with Gasteiger partial charge in [0.15, 0.2) is 5.82 Å². The van der Waals surface area contributed by atoms with E-state index < -0.39 is 0 Å². The second kappa shape index (κ2) is 5.60. The van der Waals surface area contributed by atoms with E-state index in [4.69, 9.17) is 11.6 Å². The molecule has 0 spiro atoms. The fraction of sp³-hybridized carbons (Fsp3) is 0.154. The maximum atomic E-state index is 11.9. The summed E-state index contributed by atoms with van der Waals surface area (Å²) in [5, 5.41) is 2.94. The van der Waals surface area contributed by atoms with Crippen molar-refractivity contribution in [1.82, 2.24) is 9.97 Å². The molecule has 5 heteroatoms. The van der Waals surface area contributed by atoms with E-state index in [9.17, 15) is 4.79 Å². The van der Waals surface area contributed by atoms with Crippen LogP contribution in [0.3, 0.4) is 0 Å². The van der Waals surface area contributed by atoms with Crippen LogP contribution in [0.2, 0.25) is 5.15 Å². The number of hydrogen-bond acceptors (Lipinski definition) is 3. The summed E-state index contributed by atoms with van der Waals surface area (Å²) in [4.78, 5) is 19.7. The fourth-order valence-electron chi connectivity index (χ4n) is 1.46. The summed E-state index contributed by atoms with van der Waals surface area (Å²) in [5.74, 6) is 0.165. The molecule has 1 aromatic carbocycles. The Balaban J connectivity index is 2.09. The Bertz CT molecular complexity index is 537. The fourth-order valence-corrected chi connectivity index (χ4v) is 1.55. The number of carbonyl (C=O) groups excluding carboxylic acids is 1. The van der Waals surface area contributed by atoms with Crippen LogP contribution in [0.5, 0.6) is 0 Å². The Morgan fingerprint density at radius 2 is 1.94 bits per heavy atom. The van der Waals surface area contributed by atoms with Gasteiger partial charge in [0, 0.05) is 5.56 Å². The number of rotatable bonds is 3. The van der Waals surface area contributed by atoms with Gasteiger partial charge in [0.25, 0.3) is 5.91 Å². The van der Waals surface area contributed by atoms with E-state index >= 15 is 0 Å². The van der Waals surface area contributed by atoms with Gasteiger partial charge in [-0.1, -0.05) is 30.7 Å². The molecule has 0 saturated carbocycles. The zero-order valence-corrected chi connectivity index (χ0v) is 10.6. The number of nitrogens with zero attached hydrogens (tertiary/aromatic N) is 2. The Hall–Kier alpha value is -1.94. The predicted octanol–water partition coefficient (Wildman–Crippen LogP) is 2.94. The molecule has 1 heterocycles. The Morgan fingerprint density at radius 1 is 1.22 bits per heavy atom. The largest absolute Gasteiger partial charge is 0.305 e. The number of benzene rings is 1. The quantitative estimate of drug-likeness (QED) is 0.924. The van der Waals surface area contributed by atoms with E-state index in [-0.39, 0.29) is 5.91 Å². The molecule has 1 aromatic heterocycles. The number of aromatic nitrogens is 2. The van der Waals surface area contributed by atoms with Crippen LogP contribution >= 0.6 is 11.6 Å². The van der Waals surface area contributed by atoms with Gasteiger partial charge >= 0.3 is 0 Å². The third-order valence-corrected chi connectivity index (χ3v) is 2.68. The zero-order chi connectivity index (χ0) is 13.0. The smallest absolute Gasteiger partial charge is 0.256 e. The first-order chi connectivity index (χ1) is 8.69. The molecule has 0 saturated heterocycles. The lowest BCUT2D eigenvalue weighted by atomic mass is 10.1. The van der Waals surface area contributed by atoms with Crippen molar-refractivity contribution >= 4 is 23.3 Å². The highest BCUT2D eigenvalue weighted by Gasteiger charge is 2.06. The summed E-state index contributed by atoms with van der Waals surface area (Å²) in [7, 11) is 0. The molecule has 4 nitrogen and oxygen atoms in total.